The first kappa shape index (κ1) is 13.6. The SMILES string of the molecule is C[C@@H](O)c1ccc(C#N)cc1Sc1nnc2ccccn12. The second-order valence-electron chi connectivity index (χ2n) is 4.55. The van der Waals surface area contributed by atoms with Crippen LogP contribution < -0.4 is 0 Å². The molecule has 0 saturated heterocycles. The van der Waals surface area contributed by atoms with Crippen LogP contribution >= 0.6 is 11.8 Å². The van der Waals surface area contributed by atoms with Crippen LogP contribution in [-0.4, -0.2) is 19.7 Å². The third-order valence-electron chi connectivity index (χ3n) is 3.08. The average molecular weight is 296 g/mol. The lowest BCUT2D eigenvalue weighted by molar-refractivity contribution is 0.196. The van der Waals surface area contributed by atoms with Crippen molar-refractivity contribution in [3.63, 3.8) is 0 Å². The lowest BCUT2D eigenvalue weighted by atomic mass is 10.1. The molecule has 1 atom stereocenters. The van der Waals surface area contributed by atoms with Gasteiger partial charge in [-0.1, -0.05) is 12.1 Å². The zero-order chi connectivity index (χ0) is 14.8. The minimum atomic E-state index is -0.612. The number of benzene rings is 1. The van der Waals surface area contributed by atoms with E-state index in [1.54, 1.807) is 25.1 Å². The molecule has 0 aliphatic carbocycles. The molecule has 3 rings (SSSR count). The van der Waals surface area contributed by atoms with Gasteiger partial charge in [-0.25, -0.2) is 0 Å². The molecule has 0 bridgehead atoms. The number of pyridine rings is 1. The second-order valence-corrected chi connectivity index (χ2v) is 5.56. The summed E-state index contributed by atoms with van der Waals surface area (Å²) in [5.41, 5.74) is 2.08. The van der Waals surface area contributed by atoms with Gasteiger partial charge in [0.1, 0.15) is 0 Å². The van der Waals surface area contributed by atoms with Gasteiger partial charge < -0.3 is 5.11 Å². The van der Waals surface area contributed by atoms with Gasteiger partial charge >= 0.3 is 0 Å². The van der Waals surface area contributed by atoms with Crippen molar-refractivity contribution in [3.05, 3.63) is 53.7 Å². The molecule has 2 heterocycles. The van der Waals surface area contributed by atoms with Crippen LogP contribution in [0.2, 0.25) is 0 Å². The molecule has 0 spiro atoms. The maximum absolute atomic E-state index is 9.87. The summed E-state index contributed by atoms with van der Waals surface area (Å²) < 4.78 is 1.87. The minimum absolute atomic E-state index is 0.552. The van der Waals surface area contributed by atoms with E-state index in [9.17, 15) is 5.11 Å². The van der Waals surface area contributed by atoms with Crippen molar-refractivity contribution < 1.29 is 5.11 Å². The van der Waals surface area contributed by atoms with Crippen molar-refractivity contribution in [2.75, 3.05) is 0 Å². The van der Waals surface area contributed by atoms with Crippen LogP contribution in [0.15, 0.2) is 52.6 Å². The van der Waals surface area contributed by atoms with E-state index in [0.717, 1.165) is 16.1 Å². The van der Waals surface area contributed by atoms with Gasteiger partial charge in [-0.15, -0.1) is 10.2 Å². The van der Waals surface area contributed by atoms with Gasteiger partial charge in [0.05, 0.1) is 17.7 Å². The molecular formula is C15H12N4OS. The van der Waals surface area contributed by atoms with Crippen molar-refractivity contribution in [2.24, 2.45) is 0 Å². The molecule has 0 unspecified atom stereocenters. The zero-order valence-electron chi connectivity index (χ0n) is 11.3. The van der Waals surface area contributed by atoms with Crippen molar-refractivity contribution in [3.8, 4) is 6.07 Å². The number of aromatic nitrogens is 3. The summed E-state index contributed by atoms with van der Waals surface area (Å²) in [7, 11) is 0. The number of hydrogen-bond donors (Lipinski definition) is 1. The second kappa shape index (κ2) is 5.56. The maximum Gasteiger partial charge on any atom is 0.200 e. The summed E-state index contributed by atoms with van der Waals surface area (Å²) in [5.74, 6) is 0. The number of nitriles is 1. The molecule has 1 N–H and O–H groups in total. The quantitative estimate of drug-likeness (QED) is 0.804. The van der Waals surface area contributed by atoms with Crippen LogP contribution in [0, 0.1) is 11.3 Å². The van der Waals surface area contributed by atoms with Crippen LogP contribution in [0.1, 0.15) is 24.2 Å². The summed E-state index contributed by atoms with van der Waals surface area (Å²) in [6, 6.07) is 13.0. The molecule has 5 nitrogen and oxygen atoms in total. The Morgan fingerprint density at radius 2 is 2.14 bits per heavy atom. The van der Waals surface area contributed by atoms with Crippen molar-refractivity contribution in [1.82, 2.24) is 14.6 Å². The molecule has 0 saturated carbocycles. The van der Waals surface area contributed by atoms with E-state index in [1.165, 1.54) is 11.8 Å². The van der Waals surface area contributed by atoms with E-state index < -0.39 is 6.10 Å². The summed E-state index contributed by atoms with van der Waals surface area (Å²) in [4.78, 5) is 0.808. The van der Waals surface area contributed by atoms with Gasteiger partial charge in [-0.05, 0) is 48.5 Å². The maximum atomic E-state index is 9.87. The monoisotopic (exact) mass is 296 g/mol. The highest BCUT2D eigenvalue weighted by atomic mass is 32.2. The fourth-order valence-electron chi connectivity index (χ4n) is 2.02. The van der Waals surface area contributed by atoms with Crippen LogP contribution in [0.3, 0.4) is 0 Å². The molecule has 0 fully saturated rings. The Morgan fingerprint density at radius 1 is 1.29 bits per heavy atom. The molecule has 6 heteroatoms. The summed E-state index contributed by atoms with van der Waals surface area (Å²) in [6.45, 7) is 1.70. The Kier molecular flexibility index (Phi) is 3.60. The fourth-order valence-corrected chi connectivity index (χ4v) is 3.10. The van der Waals surface area contributed by atoms with E-state index in [4.69, 9.17) is 5.26 Å². The van der Waals surface area contributed by atoms with Crippen LogP contribution in [0.5, 0.6) is 0 Å². The highest BCUT2D eigenvalue weighted by Crippen LogP contribution is 2.33. The van der Waals surface area contributed by atoms with Crippen LogP contribution in [0.25, 0.3) is 5.65 Å². The molecule has 0 aliphatic rings. The molecule has 0 radical (unpaired) electrons. The van der Waals surface area contributed by atoms with Gasteiger partial charge in [-0.3, -0.25) is 4.40 Å². The normalized spacial score (nSPS) is 12.2. The van der Waals surface area contributed by atoms with Gasteiger partial charge in [-0.2, -0.15) is 5.26 Å². The molecule has 0 amide bonds. The lowest BCUT2D eigenvalue weighted by Gasteiger charge is -2.11. The first-order valence-corrected chi connectivity index (χ1v) is 7.20. The van der Waals surface area contributed by atoms with E-state index in [0.29, 0.717) is 10.7 Å². The van der Waals surface area contributed by atoms with Gasteiger partial charge in [0.25, 0.3) is 0 Å². The number of rotatable bonds is 3. The molecule has 3 aromatic rings. The largest absolute Gasteiger partial charge is 0.389 e. The predicted molar refractivity (Wildman–Crippen MR) is 78.9 cm³/mol. The number of fused-ring (bicyclic) bond motifs is 1. The fraction of sp³-hybridized carbons (Fsp3) is 0.133. The standard InChI is InChI=1S/C15H12N4OS/c1-10(20)12-6-5-11(9-16)8-13(12)21-15-18-17-14-4-2-3-7-19(14)15/h2-8,10,20H,1H3/t10-/m1/s1. The van der Waals surface area contributed by atoms with E-state index in [1.807, 2.05) is 28.8 Å². The Labute approximate surface area is 125 Å². The molecule has 0 aliphatic heterocycles. The van der Waals surface area contributed by atoms with Crippen molar-refractivity contribution in [2.45, 2.75) is 23.1 Å². The van der Waals surface area contributed by atoms with Crippen molar-refractivity contribution in [1.29, 1.82) is 5.26 Å². The zero-order valence-corrected chi connectivity index (χ0v) is 12.1. The minimum Gasteiger partial charge on any atom is -0.389 e. The summed E-state index contributed by atoms with van der Waals surface area (Å²) in [6.07, 6.45) is 1.27. The Morgan fingerprint density at radius 3 is 2.90 bits per heavy atom. The third kappa shape index (κ3) is 2.61. The Balaban J connectivity index is 2.06. The van der Waals surface area contributed by atoms with Gasteiger partial charge in [0.2, 0.25) is 0 Å². The predicted octanol–water partition coefficient (Wildman–Crippen LogP) is 2.81. The number of hydrogen-bond acceptors (Lipinski definition) is 5. The average Bonchev–Trinajstić information content (AvgIpc) is 2.90. The summed E-state index contributed by atoms with van der Waals surface area (Å²) >= 11 is 1.39. The topological polar surface area (TPSA) is 74.2 Å². The summed E-state index contributed by atoms with van der Waals surface area (Å²) in [5, 5.41) is 27.9. The first-order chi connectivity index (χ1) is 10.2. The lowest BCUT2D eigenvalue weighted by Crippen LogP contribution is -1.96. The molecule has 2 aromatic heterocycles. The smallest absolute Gasteiger partial charge is 0.200 e. The van der Waals surface area contributed by atoms with Crippen LogP contribution in [0.4, 0.5) is 0 Å². The highest BCUT2D eigenvalue weighted by Gasteiger charge is 2.13. The number of nitrogens with zero attached hydrogens (tertiary/aromatic N) is 4. The highest BCUT2D eigenvalue weighted by molar-refractivity contribution is 7.99. The van der Waals surface area contributed by atoms with E-state index in [-0.39, 0.29) is 0 Å². The Hall–Kier alpha value is -2.36. The number of aliphatic hydroxyl groups is 1. The van der Waals surface area contributed by atoms with Gasteiger partial charge in [0.15, 0.2) is 10.8 Å². The Bertz CT molecular complexity index is 835. The molecular weight excluding hydrogens is 284 g/mol. The van der Waals surface area contributed by atoms with Crippen molar-refractivity contribution >= 4 is 17.4 Å². The third-order valence-corrected chi connectivity index (χ3v) is 4.11. The molecule has 104 valence electrons. The molecule has 21 heavy (non-hydrogen) atoms. The number of aliphatic hydroxyl groups excluding tert-OH is 1. The molecule has 1 aromatic carbocycles. The van der Waals surface area contributed by atoms with E-state index in [2.05, 4.69) is 16.3 Å². The van der Waals surface area contributed by atoms with Gasteiger partial charge in [0, 0.05) is 11.1 Å². The first-order valence-electron chi connectivity index (χ1n) is 6.39. The van der Waals surface area contributed by atoms with E-state index >= 15 is 0 Å². The van der Waals surface area contributed by atoms with Crippen LogP contribution in [-0.2, 0) is 0 Å².